The molecule has 0 aromatic rings. The van der Waals surface area contributed by atoms with Gasteiger partial charge in [-0.1, -0.05) is 13.8 Å². The van der Waals surface area contributed by atoms with Crippen LogP contribution in [0.4, 0.5) is 0 Å². The number of aliphatic carboxylic acids is 1. The minimum absolute atomic E-state index is 0.109. The molecular formula is C21H39N7O6. The first-order valence-corrected chi connectivity index (χ1v) is 11.5. The molecule has 0 radical (unpaired) electrons. The van der Waals surface area contributed by atoms with E-state index >= 15 is 0 Å². The molecule has 1 saturated heterocycles. The maximum Gasteiger partial charge on any atom is 0.326 e. The Kier molecular flexibility index (Phi) is 11.7. The third-order valence-corrected chi connectivity index (χ3v) is 5.51. The van der Waals surface area contributed by atoms with Gasteiger partial charge in [-0.2, -0.15) is 0 Å². The highest BCUT2D eigenvalue weighted by Gasteiger charge is 2.40. The van der Waals surface area contributed by atoms with Crippen molar-refractivity contribution in [1.82, 2.24) is 15.5 Å². The minimum atomic E-state index is -1.38. The molecule has 34 heavy (non-hydrogen) atoms. The van der Waals surface area contributed by atoms with Crippen molar-refractivity contribution in [3.8, 4) is 0 Å². The Morgan fingerprint density at radius 2 is 1.76 bits per heavy atom. The van der Waals surface area contributed by atoms with Gasteiger partial charge in [-0.05, 0) is 44.9 Å². The van der Waals surface area contributed by atoms with Crippen molar-refractivity contribution in [2.24, 2.45) is 28.1 Å². The highest BCUT2D eigenvalue weighted by atomic mass is 16.4. The molecule has 0 aliphatic carbocycles. The van der Waals surface area contributed by atoms with Crippen LogP contribution in [0.3, 0.4) is 0 Å². The van der Waals surface area contributed by atoms with Crippen LogP contribution in [0.1, 0.15) is 52.9 Å². The van der Waals surface area contributed by atoms with Crippen molar-refractivity contribution in [3.05, 3.63) is 0 Å². The summed E-state index contributed by atoms with van der Waals surface area (Å²) in [5.74, 6) is -3.03. The van der Waals surface area contributed by atoms with Gasteiger partial charge >= 0.3 is 5.97 Å². The molecule has 1 fully saturated rings. The number of rotatable bonds is 13. The Hall–Kier alpha value is -2.93. The van der Waals surface area contributed by atoms with Gasteiger partial charge in [0.05, 0.1) is 12.1 Å². The number of aliphatic hydroxyl groups is 1. The summed E-state index contributed by atoms with van der Waals surface area (Å²) in [5.41, 5.74) is 16.6. The Morgan fingerprint density at radius 1 is 1.12 bits per heavy atom. The molecule has 13 heteroatoms. The number of likely N-dealkylation sites (tertiary alicyclic amines) is 1. The zero-order valence-corrected chi connectivity index (χ0v) is 20.1. The van der Waals surface area contributed by atoms with Crippen molar-refractivity contribution in [2.45, 2.75) is 83.1 Å². The van der Waals surface area contributed by atoms with E-state index in [2.05, 4.69) is 15.6 Å². The zero-order valence-electron chi connectivity index (χ0n) is 20.1. The largest absolute Gasteiger partial charge is 0.480 e. The number of hydrogen-bond acceptors (Lipinski definition) is 7. The molecule has 1 aliphatic heterocycles. The van der Waals surface area contributed by atoms with Gasteiger partial charge in [-0.15, -0.1) is 0 Å². The highest BCUT2D eigenvalue weighted by molar-refractivity contribution is 5.94. The lowest BCUT2D eigenvalue weighted by Crippen LogP contribution is -2.59. The van der Waals surface area contributed by atoms with Crippen LogP contribution in [0.15, 0.2) is 4.99 Å². The number of aliphatic imine (C=N–C) groups is 1. The second-order valence-corrected chi connectivity index (χ2v) is 9.00. The van der Waals surface area contributed by atoms with E-state index in [1.165, 1.54) is 6.92 Å². The van der Waals surface area contributed by atoms with Crippen LogP contribution in [-0.2, 0) is 19.2 Å². The molecule has 0 saturated carbocycles. The summed E-state index contributed by atoms with van der Waals surface area (Å²) in [6.45, 7) is 5.56. The average Bonchev–Trinajstić information content (AvgIpc) is 3.22. The maximum atomic E-state index is 13.1. The molecule has 5 unspecified atom stereocenters. The molecule has 194 valence electrons. The monoisotopic (exact) mass is 485 g/mol. The Balaban J connectivity index is 2.98. The van der Waals surface area contributed by atoms with E-state index in [-0.39, 0.29) is 31.4 Å². The average molecular weight is 486 g/mol. The van der Waals surface area contributed by atoms with Crippen LogP contribution < -0.4 is 27.8 Å². The fourth-order valence-electron chi connectivity index (χ4n) is 3.77. The lowest BCUT2D eigenvalue weighted by atomic mass is 10.0. The number of carboxylic acids is 1. The van der Waals surface area contributed by atoms with Gasteiger partial charge in [-0.3, -0.25) is 19.4 Å². The SMILES string of the molecule is CC(C)CC(N)C(=O)NC(CCCN=C(N)N)C(=O)NC(C(=O)N1CCCC1C(=O)O)C(C)O. The summed E-state index contributed by atoms with van der Waals surface area (Å²) >= 11 is 0. The molecule has 0 aromatic carbocycles. The van der Waals surface area contributed by atoms with Crippen LogP contribution in [0.5, 0.6) is 0 Å². The van der Waals surface area contributed by atoms with Gasteiger partial charge < -0.3 is 42.9 Å². The Bertz CT molecular complexity index is 754. The topological polar surface area (TPSA) is 226 Å². The van der Waals surface area contributed by atoms with E-state index in [9.17, 15) is 29.4 Å². The predicted molar refractivity (Wildman–Crippen MR) is 125 cm³/mol. The fourth-order valence-corrected chi connectivity index (χ4v) is 3.77. The van der Waals surface area contributed by atoms with Gasteiger partial charge in [-0.25, -0.2) is 4.79 Å². The summed E-state index contributed by atoms with van der Waals surface area (Å²) in [7, 11) is 0. The Morgan fingerprint density at radius 3 is 2.29 bits per heavy atom. The van der Waals surface area contributed by atoms with Gasteiger partial charge in [0, 0.05) is 13.1 Å². The molecule has 1 heterocycles. The molecule has 13 nitrogen and oxygen atoms in total. The van der Waals surface area contributed by atoms with Crippen molar-refractivity contribution in [3.63, 3.8) is 0 Å². The number of carboxylic acid groups (broad SMARTS) is 1. The second-order valence-electron chi connectivity index (χ2n) is 9.00. The number of nitrogens with zero attached hydrogens (tertiary/aromatic N) is 2. The normalized spacial score (nSPS) is 19.1. The predicted octanol–water partition coefficient (Wildman–Crippen LogP) is -2.16. The number of guanidine groups is 1. The second kappa shape index (κ2) is 13.7. The highest BCUT2D eigenvalue weighted by Crippen LogP contribution is 2.19. The summed E-state index contributed by atoms with van der Waals surface area (Å²) < 4.78 is 0. The van der Waals surface area contributed by atoms with Gasteiger partial charge in [0.15, 0.2) is 5.96 Å². The fraction of sp³-hybridized carbons (Fsp3) is 0.762. The number of carbonyl (C=O) groups excluding carboxylic acids is 3. The first-order chi connectivity index (χ1) is 15.8. The maximum absolute atomic E-state index is 13.1. The first kappa shape index (κ1) is 29.1. The molecule has 1 aliphatic rings. The van der Waals surface area contributed by atoms with Crippen molar-refractivity contribution in [1.29, 1.82) is 0 Å². The summed E-state index contributed by atoms with van der Waals surface area (Å²) in [5, 5.41) is 24.6. The first-order valence-electron chi connectivity index (χ1n) is 11.5. The molecule has 0 spiro atoms. The molecule has 3 amide bonds. The molecule has 10 N–H and O–H groups in total. The molecule has 1 rings (SSSR count). The van der Waals surface area contributed by atoms with Crippen molar-refractivity contribution < 1.29 is 29.4 Å². The van der Waals surface area contributed by atoms with Crippen molar-refractivity contribution in [2.75, 3.05) is 13.1 Å². The third-order valence-electron chi connectivity index (χ3n) is 5.51. The van der Waals surface area contributed by atoms with Gasteiger partial charge in [0.2, 0.25) is 17.7 Å². The van der Waals surface area contributed by atoms with Crippen LogP contribution in [0.25, 0.3) is 0 Å². The van der Waals surface area contributed by atoms with Crippen LogP contribution in [-0.4, -0.2) is 88.1 Å². The number of hydrogen-bond donors (Lipinski definition) is 7. The van der Waals surface area contributed by atoms with Crippen LogP contribution >= 0.6 is 0 Å². The van der Waals surface area contributed by atoms with E-state index in [0.717, 1.165) is 4.90 Å². The number of carbonyl (C=O) groups is 4. The lowest BCUT2D eigenvalue weighted by Gasteiger charge is -2.30. The van der Waals surface area contributed by atoms with E-state index in [1.54, 1.807) is 0 Å². The Labute approximate surface area is 199 Å². The van der Waals surface area contributed by atoms with Gasteiger partial charge in [0.25, 0.3) is 0 Å². The molecule has 0 bridgehead atoms. The van der Waals surface area contributed by atoms with Crippen LogP contribution in [0, 0.1) is 5.92 Å². The van der Waals surface area contributed by atoms with Crippen molar-refractivity contribution >= 4 is 29.7 Å². The minimum Gasteiger partial charge on any atom is -0.480 e. The smallest absolute Gasteiger partial charge is 0.326 e. The number of nitrogens with two attached hydrogens (primary N) is 3. The number of aliphatic hydroxyl groups excluding tert-OH is 1. The van der Waals surface area contributed by atoms with Crippen LogP contribution in [0.2, 0.25) is 0 Å². The quantitative estimate of drug-likeness (QED) is 0.0854. The number of amides is 3. The van der Waals surface area contributed by atoms with E-state index < -0.39 is 54.0 Å². The zero-order chi connectivity index (χ0) is 26.0. The van der Waals surface area contributed by atoms with E-state index in [0.29, 0.717) is 25.7 Å². The molecule has 0 aromatic heterocycles. The summed E-state index contributed by atoms with van der Waals surface area (Å²) in [6.07, 6.45) is 0.391. The third kappa shape index (κ3) is 9.14. The van der Waals surface area contributed by atoms with Gasteiger partial charge in [0.1, 0.15) is 18.1 Å². The lowest BCUT2D eigenvalue weighted by molar-refractivity contribution is -0.150. The summed E-state index contributed by atoms with van der Waals surface area (Å²) in [6, 6.07) is -4.30. The molecular weight excluding hydrogens is 446 g/mol. The number of nitrogens with one attached hydrogen (secondary N) is 2. The van der Waals surface area contributed by atoms with E-state index in [4.69, 9.17) is 17.2 Å². The molecule has 5 atom stereocenters. The van der Waals surface area contributed by atoms with E-state index in [1.807, 2.05) is 13.8 Å². The summed E-state index contributed by atoms with van der Waals surface area (Å²) in [4.78, 5) is 55.0. The standard InChI is InChI=1S/C21H39N7O6/c1-11(2)10-13(22)17(30)26-14(6-4-8-25-21(23)24)18(31)27-16(12(3)29)19(32)28-9-5-7-15(28)20(33)34/h11-16,29H,4-10,22H2,1-3H3,(H,26,30)(H,27,31)(H,33,34)(H4,23,24,25).